The summed E-state index contributed by atoms with van der Waals surface area (Å²) in [7, 11) is -3.34. The number of rotatable bonds is 5. The number of halogens is 1. The summed E-state index contributed by atoms with van der Waals surface area (Å²) >= 11 is 7.75. The highest BCUT2D eigenvalue weighted by molar-refractivity contribution is 7.90. The Morgan fingerprint density at radius 1 is 1.11 bits per heavy atom. The lowest BCUT2D eigenvalue weighted by molar-refractivity contribution is -0.111. The Hall–Kier alpha value is -2.41. The van der Waals surface area contributed by atoms with Crippen molar-refractivity contribution in [3.8, 4) is 10.4 Å². The third kappa shape index (κ3) is 4.90. The summed E-state index contributed by atoms with van der Waals surface area (Å²) in [6.45, 7) is 1.81. The Bertz CT molecular complexity index is 1160. The van der Waals surface area contributed by atoms with E-state index in [2.05, 4.69) is 5.32 Å². The maximum atomic E-state index is 12.3. The van der Waals surface area contributed by atoms with E-state index in [1.165, 1.54) is 29.5 Å². The second-order valence-electron chi connectivity index (χ2n) is 6.25. The molecule has 0 radical (unpaired) electrons. The number of amides is 1. The second-order valence-corrected chi connectivity index (χ2v) is 9.79. The van der Waals surface area contributed by atoms with Crippen LogP contribution >= 0.6 is 22.9 Å². The van der Waals surface area contributed by atoms with Gasteiger partial charge in [-0.15, -0.1) is 11.3 Å². The van der Waals surface area contributed by atoms with Crippen molar-refractivity contribution in [2.75, 3.05) is 11.6 Å². The maximum absolute atomic E-state index is 12.3. The highest BCUT2D eigenvalue weighted by atomic mass is 35.5. The lowest BCUT2D eigenvalue weighted by Gasteiger charge is -2.08. The van der Waals surface area contributed by atoms with Gasteiger partial charge in [0.25, 0.3) is 0 Å². The Morgan fingerprint density at radius 3 is 2.57 bits per heavy atom. The van der Waals surface area contributed by atoms with Gasteiger partial charge in [0.15, 0.2) is 9.84 Å². The van der Waals surface area contributed by atoms with Crippen molar-refractivity contribution in [3.63, 3.8) is 0 Å². The van der Waals surface area contributed by atoms with Crippen molar-refractivity contribution < 1.29 is 13.2 Å². The normalized spacial score (nSPS) is 11.7. The molecule has 0 bridgehead atoms. The molecule has 0 saturated carbocycles. The van der Waals surface area contributed by atoms with Gasteiger partial charge in [-0.2, -0.15) is 0 Å². The lowest BCUT2D eigenvalue weighted by Crippen LogP contribution is -2.10. The molecule has 0 saturated heterocycles. The molecule has 2 aromatic carbocycles. The Balaban J connectivity index is 1.74. The summed E-state index contributed by atoms with van der Waals surface area (Å²) in [6, 6.07) is 16.1. The molecule has 1 heterocycles. The van der Waals surface area contributed by atoms with Crippen LogP contribution in [-0.2, 0) is 14.6 Å². The molecule has 1 N–H and O–H groups in total. The number of thiophene rings is 1. The number of benzene rings is 2. The van der Waals surface area contributed by atoms with Crippen molar-refractivity contribution in [3.05, 3.63) is 76.1 Å². The standard InChI is InChI=1S/C21H18ClNO3S2/c1-14-7-10-16(28(2,25)26)13-19(14)23-21(24)12-9-15-8-11-20(27-15)17-5-3-4-6-18(17)22/h3-13H,1-2H3,(H,23,24)/b12-9+. The number of carbonyl (C=O) groups is 1. The van der Waals surface area contributed by atoms with E-state index in [0.29, 0.717) is 10.7 Å². The number of anilines is 1. The molecular formula is C21H18ClNO3S2. The fourth-order valence-electron chi connectivity index (χ4n) is 2.55. The topological polar surface area (TPSA) is 63.2 Å². The van der Waals surface area contributed by atoms with Crippen LogP contribution in [0.3, 0.4) is 0 Å². The van der Waals surface area contributed by atoms with Gasteiger partial charge in [0.05, 0.1) is 4.90 Å². The van der Waals surface area contributed by atoms with E-state index in [1.807, 2.05) is 36.4 Å². The molecule has 28 heavy (non-hydrogen) atoms. The van der Waals surface area contributed by atoms with Crippen molar-refractivity contribution in [2.24, 2.45) is 0 Å². The van der Waals surface area contributed by atoms with Crippen LogP contribution in [0.2, 0.25) is 5.02 Å². The van der Waals surface area contributed by atoms with Gasteiger partial charge >= 0.3 is 0 Å². The van der Waals surface area contributed by atoms with E-state index in [9.17, 15) is 13.2 Å². The van der Waals surface area contributed by atoms with Gasteiger partial charge in [0.2, 0.25) is 5.91 Å². The minimum absolute atomic E-state index is 0.167. The molecule has 144 valence electrons. The first kappa shape index (κ1) is 20.3. The fraction of sp³-hybridized carbons (Fsp3) is 0.0952. The van der Waals surface area contributed by atoms with Crippen LogP contribution in [0.1, 0.15) is 10.4 Å². The monoisotopic (exact) mass is 431 g/mol. The molecule has 0 unspecified atom stereocenters. The number of aryl methyl sites for hydroxylation is 1. The minimum atomic E-state index is -3.34. The average molecular weight is 432 g/mol. The molecule has 1 amide bonds. The smallest absolute Gasteiger partial charge is 0.248 e. The van der Waals surface area contributed by atoms with Gasteiger partial charge in [0, 0.05) is 38.4 Å². The van der Waals surface area contributed by atoms with Crippen LogP contribution in [0.4, 0.5) is 5.69 Å². The molecule has 0 aliphatic heterocycles. The number of sulfone groups is 1. The summed E-state index contributed by atoms with van der Waals surface area (Å²) in [6.07, 6.45) is 4.28. The SMILES string of the molecule is Cc1ccc(S(C)(=O)=O)cc1NC(=O)/C=C/c1ccc(-c2ccccc2Cl)s1. The van der Waals surface area contributed by atoms with Gasteiger partial charge in [-0.05, 0) is 48.9 Å². The van der Waals surface area contributed by atoms with Gasteiger partial charge in [-0.3, -0.25) is 4.79 Å². The van der Waals surface area contributed by atoms with Crippen molar-refractivity contribution in [1.29, 1.82) is 0 Å². The number of hydrogen-bond donors (Lipinski definition) is 1. The van der Waals surface area contributed by atoms with E-state index >= 15 is 0 Å². The summed E-state index contributed by atoms with van der Waals surface area (Å²) < 4.78 is 23.4. The van der Waals surface area contributed by atoms with E-state index in [4.69, 9.17) is 11.6 Å². The summed E-state index contributed by atoms with van der Waals surface area (Å²) in [5.41, 5.74) is 2.21. The molecule has 1 aromatic heterocycles. The third-order valence-corrected chi connectivity index (χ3v) is 6.58. The molecule has 0 fully saturated rings. The van der Waals surface area contributed by atoms with E-state index < -0.39 is 9.84 Å². The molecule has 3 rings (SSSR count). The van der Waals surface area contributed by atoms with Crippen LogP contribution in [0.25, 0.3) is 16.5 Å². The Kier molecular flexibility index (Phi) is 6.03. The minimum Gasteiger partial charge on any atom is -0.322 e. The summed E-state index contributed by atoms with van der Waals surface area (Å²) in [5, 5.41) is 3.41. The number of hydrogen-bond acceptors (Lipinski definition) is 4. The van der Waals surface area contributed by atoms with Crippen LogP contribution in [-0.4, -0.2) is 20.6 Å². The largest absolute Gasteiger partial charge is 0.322 e. The zero-order chi connectivity index (χ0) is 20.3. The Morgan fingerprint density at radius 2 is 1.86 bits per heavy atom. The van der Waals surface area contributed by atoms with Gasteiger partial charge in [-0.1, -0.05) is 35.9 Å². The fourth-order valence-corrected chi connectivity index (χ4v) is 4.44. The third-order valence-electron chi connectivity index (χ3n) is 4.06. The molecule has 0 spiro atoms. The Labute approximate surface area is 173 Å². The van der Waals surface area contributed by atoms with Gasteiger partial charge < -0.3 is 5.32 Å². The molecule has 7 heteroatoms. The highest BCUT2D eigenvalue weighted by Crippen LogP contribution is 2.33. The molecular weight excluding hydrogens is 414 g/mol. The highest BCUT2D eigenvalue weighted by Gasteiger charge is 2.11. The van der Waals surface area contributed by atoms with E-state index in [-0.39, 0.29) is 10.8 Å². The predicted octanol–water partition coefficient (Wildman–Crippen LogP) is 5.43. The zero-order valence-electron chi connectivity index (χ0n) is 15.3. The van der Waals surface area contributed by atoms with E-state index in [0.717, 1.165) is 27.1 Å². The quantitative estimate of drug-likeness (QED) is 0.547. The van der Waals surface area contributed by atoms with Crippen LogP contribution in [0.15, 0.2) is 65.6 Å². The molecule has 0 atom stereocenters. The first-order valence-corrected chi connectivity index (χ1v) is 11.5. The first-order chi connectivity index (χ1) is 13.2. The van der Waals surface area contributed by atoms with Crippen LogP contribution < -0.4 is 5.32 Å². The van der Waals surface area contributed by atoms with Crippen molar-refractivity contribution >= 4 is 50.4 Å². The summed E-state index contributed by atoms with van der Waals surface area (Å²) in [4.78, 5) is 14.4. The lowest BCUT2D eigenvalue weighted by atomic mass is 10.2. The van der Waals surface area contributed by atoms with Crippen LogP contribution in [0.5, 0.6) is 0 Å². The molecule has 3 aromatic rings. The van der Waals surface area contributed by atoms with Gasteiger partial charge in [-0.25, -0.2) is 8.42 Å². The molecule has 0 aliphatic carbocycles. The zero-order valence-corrected chi connectivity index (χ0v) is 17.7. The second kappa shape index (κ2) is 8.31. The van der Waals surface area contributed by atoms with E-state index in [1.54, 1.807) is 19.1 Å². The first-order valence-electron chi connectivity index (χ1n) is 8.38. The number of carbonyl (C=O) groups excluding carboxylic acids is 1. The van der Waals surface area contributed by atoms with Crippen molar-refractivity contribution in [1.82, 2.24) is 0 Å². The van der Waals surface area contributed by atoms with Gasteiger partial charge in [0.1, 0.15) is 0 Å². The average Bonchev–Trinajstić information content (AvgIpc) is 3.10. The van der Waals surface area contributed by atoms with Crippen molar-refractivity contribution in [2.45, 2.75) is 11.8 Å². The maximum Gasteiger partial charge on any atom is 0.248 e. The molecule has 4 nitrogen and oxygen atoms in total. The van der Waals surface area contributed by atoms with Crippen LogP contribution in [0, 0.1) is 6.92 Å². The number of nitrogens with one attached hydrogen (secondary N) is 1. The predicted molar refractivity (Wildman–Crippen MR) is 117 cm³/mol. The summed E-state index contributed by atoms with van der Waals surface area (Å²) in [5.74, 6) is -0.332. The molecule has 0 aliphatic rings.